The van der Waals surface area contributed by atoms with Gasteiger partial charge in [0, 0.05) is 6.61 Å². The predicted molar refractivity (Wildman–Crippen MR) is 122 cm³/mol. The summed E-state index contributed by atoms with van der Waals surface area (Å²) in [6, 6.07) is 21.5. The molecule has 1 saturated heterocycles. The van der Waals surface area contributed by atoms with E-state index in [9.17, 15) is 0 Å². The molecule has 156 valence electrons. The molecule has 2 aromatic rings. The van der Waals surface area contributed by atoms with Gasteiger partial charge in [-0.05, 0) is 34.7 Å². The van der Waals surface area contributed by atoms with Crippen LogP contribution in [0.1, 0.15) is 40.0 Å². The Labute approximate surface area is 176 Å². The van der Waals surface area contributed by atoms with Crippen molar-refractivity contribution in [1.82, 2.24) is 0 Å². The van der Waals surface area contributed by atoms with Gasteiger partial charge in [-0.3, -0.25) is 0 Å². The van der Waals surface area contributed by atoms with E-state index < -0.39 is 8.32 Å². The van der Waals surface area contributed by atoms with E-state index in [1.165, 1.54) is 10.4 Å². The Balaban J connectivity index is 2.06. The van der Waals surface area contributed by atoms with Crippen LogP contribution in [-0.2, 0) is 9.16 Å². The minimum absolute atomic E-state index is 0.0215. The van der Waals surface area contributed by atoms with Crippen LogP contribution in [0.4, 0.5) is 0 Å². The quantitative estimate of drug-likeness (QED) is 0.553. The van der Waals surface area contributed by atoms with E-state index in [1.807, 2.05) is 6.08 Å². The van der Waals surface area contributed by atoms with Crippen molar-refractivity contribution in [3.63, 3.8) is 0 Å². The minimum Gasteiger partial charge on any atom is -0.402 e. The number of benzene rings is 2. The van der Waals surface area contributed by atoms with Gasteiger partial charge in [0.2, 0.25) is 0 Å². The lowest BCUT2D eigenvalue weighted by atomic mass is 10.0. The van der Waals surface area contributed by atoms with Gasteiger partial charge in [0.15, 0.2) is 0 Å². The molecule has 0 unspecified atom stereocenters. The zero-order valence-electron chi connectivity index (χ0n) is 17.9. The molecule has 2 aromatic carbocycles. The Bertz CT molecular complexity index is 728. The van der Waals surface area contributed by atoms with E-state index in [0.29, 0.717) is 0 Å². The molecule has 0 amide bonds. The van der Waals surface area contributed by atoms with Gasteiger partial charge in [0.25, 0.3) is 8.32 Å². The number of aliphatic hydroxyl groups excluding tert-OH is 1. The molecule has 2 atom stereocenters. The fourth-order valence-corrected chi connectivity index (χ4v) is 9.13. The van der Waals surface area contributed by atoms with Crippen molar-refractivity contribution in [3.8, 4) is 0 Å². The summed E-state index contributed by atoms with van der Waals surface area (Å²) in [6.07, 6.45) is 6.65. The van der Waals surface area contributed by atoms with E-state index >= 15 is 0 Å². The molecule has 29 heavy (non-hydrogen) atoms. The lowest BCUT2D eigenvalue weighted by molar-refractivity contribution is -0.0640. The monoisotopic (exact) mass is 410 g/mol. The molecule has 0 bridgehead atoms. The van der Waals surface area contributed by atoms with Gasteiger partial charge in [-0.2, -0.15) is 0 Å². The summed E-state index contributed by atoms with van der Waals surface area (Å²) >= 11 is 0. The van der Waals surface area contributed by atoms with Gasteiger partial charge in [0.05, 0.1) is 18.8 Å². The third kappa shape index (κ3) is 4.89. The first-order valence-corrected chi connectivity index (χ1v) is 12.6. The Morgan fingerprint density at radius 1 is 1.00 bits per heavy atom. The molecule has 1 fully saturated rings. The lowest BCUT2D eigenvalue weighted by Gasteiger charge is -2.47. The van der Waals surface area contributed by atoms with E-state index in [2.05, 4.69) is 81.4 Å². The smallest absolute Gasteiger partial charge is 0.261 e. The maximum atomic E-state index is 9.10. The first kappa shape index (κ1) is 22.0. The summed E-state index contributed by atoms with van der Waals surface area (Å²) < 4.78 is 13.4. The molecule has 1 N–H and O–H groups in total. The van der Waals surface area contributed by atoms with Crippen molar-refractivity contribution in [2.45, 2.75) is 57.3 Å². The number of hydrogen-bond donors (Lipinski definition) is 1. The van der Waals surface area contributed by atoms with Crippen molar-refractivity contribution < 1.29 is 14.3 Å². The molecule has 0 radical (unpaired) electrons. The Morgan fingerprint density at radius 3 is 2.10 bits per heavy atom. The third-order valence-corrected chi connectivity index (χ3v) is 10.8. The largest absolute Gasteiger partial charge is 0.402 e. The third-order valence-electron chi connectivity index (χ3n) is 5.77. The molecule has 0 saturated carbocycles. The van der Waals surface area contributed by atoms with Crippen molar-refractivity contribution in [2.75, 3.05) is 13.2 Å². The first-order chi connectivity index (χ1) is 14.0. The van der Waals surface area contributed by atoms with Gasteiger partial charge >= 0.3 is 0 Å². The van der Waals surface area contributed by atoms with Gasteiger partial charge in [-0.1, -0.05) is 93.6 Å². The summed E-state index contributed by atoms with van der Waals surface area (Å²) in [5, 5.41) is 11.7. The number of hydrogen-bond acceptors (Lipinski definition) is 3. The first-order valence-electron chi connectivity index (χ1n) is 10.7. The van der Waals surface area contributed by atoms with Crippen LogP contribution in [0.5, 0.6) is 0 Å². The standard InChI is InChI=1S/C25H34O3Si/c1-25(2,3)29(21-13-6-4-7-14-21,22-15-8-5-9-16-22)28-24-18-12-20-27-23(24)17-10-11-19-26/h4-11,13-16,23-24,26H,12,17-20H2,1-3H3/b11-10+/t23-,24-/m1/s1. The zero-order valence-corrected chi connectivity index (χ0v) is 18.9. The van der Waals surface area contributed by atoms with Gasteiger partial charge in [-0.15, -0.1) is 0 Å². The summed E-state index contributed by atoms with van der Waals surface area (Å²) in [5.74, 6) is 0. The maximum absolute atomic E-state index is 9.10. The average Bonchev–Trinajstić information content (AvgIpc) is 2.73. The molecule has 4 heteroatoms. The minimum atomic E-state index is -2.58. The molecular weight excluding hydrogens is 376 g/mol. The van der Waals surface area contributed by atoms with Crippen molar-refractivity contribution >= 4 is 18.7 Å². The van der Waals surface area contributed by atoms with Crippen LogP contribution in [0.15, 0.2) is 72.8 Å². The molecule has 3 rings (SSSR count). The second kappa shape index (κ2) is 9.85. The van der Waals surface area contributed by atoms with Crippen molar-refractivity contribution in [3.05, 3.63) is 72.8 Å². The normalized spacial score (nSPS) is 20.8. The fourth-order valence-electron chi connectivity index (χ4n) is 4.39. The van der Waals surface area contributed by atoms with Gasteiger partial charge in [-0.25, -0.2) is 0 Å². The second-order valence-corrected chi connectivity index (χ2v) is 13.0. The van der Waals surface area contributed by atoms with E-state index in [1.54, 1.807) is 6.08 Å². The van der Waals surface area contributed by atoms with Gasteiger partial charge in [0.1, 0.15) is 0 Å². The molecule has 3 nitrogen and oxygen atoms in total. The van der Waals surface area contributed by atoms with Crippen LogP contribution in [-0.4, -0.2) is 38.8 Å². The number of ether oxygens (including phenoxy) is 1. The lowest BCUT2D eigenvalue weighted by Crippen LogP contribution is -2.68. The zero-order chi connectivity index (χ0) is 20.7. The van der Waals surface area contributed by atoms with E-state index in [4.69, 9.17) is 14.3 Å². The highest BCUT2D eigenvalue weighted by atomic mass is 28.4. The fraction of sp³-hybridized carbons (Fsp3) is 0.440. The summed E-state index contributed by atoms with van der Waals surface area (Å²) in [5.41, 5.74) is 0. The molecule has 1 heterocycles. The van der Waals surface area contributed by atoms with Crippen LogP contribution >= 0.6 is 0 Å². The van der Waals surface area contributed by atoms with Crippen LogP contribution in [0, 0.1) is 0 Å². The SMILES string of the molecule is CC(C)(C)[Si](O[C@@H]1CCCO[C@@H]1C/C=C/CO)(c1ccccc1)c1ccccc1. The molecule has 1 aliphatic heterocycles. The highest BCUT2D eigenvalue weighted by Gasteiger charge is 2.52. The van der Waals surface area contributed by atoms with Crippen LogP contribution in [0.2, 0.25) is 5.04 Å². The van der Waals surface area contributed by atoms with Crippen LogP contribution < -0.4 is 10.4 Å². The molecule has 0 aliphatic carbocycles. The molecule has 0 spiro atoms. The van der Waals surface area contributed by atoms with Gasteiger partial charge < -0.3 is 14.3 Å². The highest BCUT2D eigenvalue weighted by Crippen LogP contribution is 2.39. The summed E-state index contributed by atoms with van der Waals surface area (Å²) in [6.45, 7) is 7.77. The number of aliphatic hydroxyl groups is 1. The van der Waals surface area contributed by atoms with Crippen LogP contribution in [0.3, 0.4) is 0 Å². The van der Waals surface area contributed by atoms with E-state index in [0.717, 1.165) is 25.9 Å². The topological polar surface area (TPSA) is 38.7 Å². The molecule has 1 aliphatic rings. The Kier molecular flexibility index (Phi) is 7.47. The highest BCUT2D eigenvalue weighted by molar-refractivity contribution is 6.99. The Hall–Kier alpha value is -1.72. The molecule has 0 aromatic heterocycles. The Morgan fingerprint density at radius 2 is 1.59 bits per heavy atom. The van der Waals surface area contributed by atoms with E-state index in [-0.39, 0.29) is 23.9 Å². The summed E-state index contributed by atoms with van der Waals surface area (Å²) in [7, 11) is -2.58. The maximum Gasteiger partial charge on any atom is 0.261 e. The second-order valence-electron chi connectivity index (χ2n) is 8.76. The number of rotatable bonds is 7. The average molecular weight is 411 g/mol. The summed E-state index contributed by atoms with van der Waals surface area (Å²) in [4.78, 5) is 0. The molecular formula is C25H34O3Si. The van der Waals surface area contributed by atoms with Crippen molar-refractivity contribution in [1.29, 1.82) is 0 Å². The van der Waals surface area contributed by atoms with Crippen LogP contribution in [0.25, 0.3) is 0 Å². The van der Waals surface area contributed by atoms with Crippen molar-refractivity contribution in [2.24, 2.45) is 0 Å². The predicted octanol–water partition coefficient (Wildman–Crippen LogP) is 4.05.